The first-order valence-corrected chi connectivity index (χ1v) is 15.3. The Hall–Kier alpha value is -3.24. The number of sulfonamides is 1. The molecule has 208 valence electrons. The van der Waals surface area contributed by atoms with Crippen LogP contribution in [-0.2, 0) is 24.4 Å². The number of amides is 3. The molecule has 1 unspecified atom stereocenters. The number of hydrogen-bond donors (Lipinski definition) is 1. The predicted molar refractivity (Wildman–Crippen MR) is 149 cm³/mol. The number of carbonyl (C=O) groups excluding carboxylic acids is 3. The van der Waals surface area contributed by atoms with Crippen molar-refractivity contribution in [2.24, 2.45) is 11.8 Å². The average Bonchev–Trinajstić information content (AvgIpc) is 3.14. The normalized spacial score (nSPS) is 21.5. The van der Waals surface area contributed by atoms with Gasteiger partial charge in [-0.1, -0.05) is 31.0 Å². The number of benzene rings is 2. The standard InChI is InChI=1S/C29H36N4O5S/c34-27-20-23(21-33(27)25-8-4-3-5-9-25)29(36)31-18-14-22(15-19-31)28(35)30-24-10-12-26(13-11-24)39(37,38)32-16-6-1-2-7-17-32/h3-5,8-13,22-23H,1-2,6-7,14-21H2,(H,30,35). The molecule has 0 bridgehead atoms. The Morgan fingerprint density at radius 1 is 0.795 bits per heavy atom. The summed E-state index contributed by atoms with van der Waals surface area (Å²) in [5, 5.41) is 2.91. The molecule has 39 heavy (non-hydrogen) atoms. The summed E-state index contributed by atoms with van der Waals surface area (Å²) in [4.78, 5) is 42.3. The van der Waals surface area contributed by atoms with Gasteiger partial charge >= 0.3 is 0 Å². The van der Waals surface area contributed by atoms with Crippen LogP contribution in [-0.4, -0.2) is 68.1 Å². The second kappa shape index (κ2) is 11.9. The Labute approximate surface area is 230 Å². The average molecular weight is 553 g/mol. The van der Waals surface area contributed by atoms with Gasteiger partial charge in [0.1, 0.15) is 0 Å². The molecule has 2 aromatic rings. The van der Waals surface area contributed by atoms with Gasteiger partial charge in [0.15, 0.2) is 0 Å². The Kier molecular flexibility index (Phi) is 8.32. The molecule has 0 saturated carbocycles. The summed E-state index contributed by atoms with van der Waals surface area (Å²) < 4.78 is 27.5. The van der Waals surface area contributed by atoms with Crippen molar-refractivity contribution in [3.8, 4) is 0 Å². The Balaban J connectivity index is 1.12. The molecule has 2 aromatic carbocycles. The number of likely N-dealkylation sites (tertiary alicyclic amines) is 1. The van der Waals surface area contributed by atoms with Crippen LogP contribution >= 0.6 is 0 Å². The van der Waals surface area contributed by atoms with Crippen LogP contribution < -0.4 is 10.2 Å². The number of carbonyl (C=O) groups is 3. The third kappa shape index (κ3) is 6.17. The molecule has 0 radical (unpaired) electrons. The highest BCUT2D eigenvalue weighted by Crippen LogP contribution is 2.28. The number of nitrogens with one attached hydrogen (secondary N) is 1. The van der Waals surface area contributed by atoms with Gasteiger partial charge in [0.05, 0.1) is 10.8 Å². The van der Waals surface area contributed by atoms with Crippen LogP contribution in [0.15, 0.2) is 59.5 Å². The first kappa shape index (κ1) is 27.3. The van der Waals surface area contributed by atoms with Gasteiger partial charge in [0.2, 0.25) is 27.7 Å². The maximum atomic E-state index is 13.1. The minimum absolute atomic E-state index is 0.0261. The van der Waals surface area contributed by atoms with Gasteiger partial charge in [0.25, 0.3) is 0 Å². The maximum Gasteiger partial charge on any atom is 0.243 e. The lowest BCUT2D eigenvalue weighted by Gasteiger charge is -2.33. The summed E-state index contributed by atoms with van der Waals surface area (Å²) in [5.74, 6) is -0.801. The molecule has 3 amide bonds. The van der Waals surface area contributed by atoms with Crippen LogP contribution in [0.25, 0.3) is 0 Å². The smallest absolute Gasteiger partial charge is 0.243 e. The quantitative estimate of drug-likeness (QED) is 0.591. The summed E-state index contributed by atoms with van der Waals surface area (Å²) in [6.45, 7) is 2.42. The van der Waals surface area contributed by atoms with E-state index in [-0.39, 0.29) is 40.9 Å². The molecule has 5 rings (SSSR count). The molecular formula is C29H36N4O5S. The Morgan fingerprint density at radius 3 is 2.08 bits per heavy atom. The van der Waals surface area contributed by atoms with Crippen LogP contribution in [0.1, 0.15) is 44.9 Å². The molecule has 9 nitrogen and oxygen atoms in total. The SMILES string of the molecule is O=C(Nc1ccc(S(=O)(=O)N2CCCCCC2)cc1)C1CCN(C(=O)C2CC(=O)N(c3ccccc3)C2)CC1. The number of rotatable bonds is 6. The van der Waals surface area contributed by atoms with Crippen molar-refractivity contribution in [1.29, 1.82) is 0 Å². The zero-order valence-electron chi connectivity index (χ0n) is 22.1. The second-order valence-corrected chi connectivity index (χ2v) is 12.6. The molecule has 3 fully saturated rings. The van der Waals surface area contributed by atoms with Gasteiger partial charge in [-0.3, -0.25) is 14.4 Å². The van der Waals surface area contributed by atoms with Crippen molar-refractivity contribution in [3.05, 3.63) is 54.6 Å². The highest BCUT2D eigenvalue weighted by atomic mass is 32.2. The van der Waals surface area contributed by atoms with E-state index in [1.807, 2.05) is 30.3 Å². The monoisotopic (exact) mass is 552 g/mol. The van der Waals surface area contributed by atoms with E-state index in [0.717, 1.165) is 31.4 Å². The lowest BCUT2D eigenvalue weighted by atomic mass is 9.94. The summed E-state index contributed by atoms with van der Waals surface area (Å²) in [6, 6.07) is 15.8. The zero-order valence-corrected chi connectivity index (χ0v) is 22.9. The van der Waals surface area contributed by atoms with Crippen molar-refractivity contribution < 1.29 is 22.8 Å². The van der Waals surface area contributed by atoms with Crippen molar-refractivity contribution in [2.75, 3.05) is 42.9 Å². The van der Waals surface area contributed by atoms with Crippen molar-refractivity contribution in [1.82, 2.24) is 9.21 Å². The molecule has 0 aliphatic carbocycles. The Morgan fingerprint density at radius 2 is 1.44 bits per heavy atom. The summed E-state index contributed by atoms with van der Waals surface area (Å²) >= 11 is 0. The minimum atomic E-state index is -3.54. The molecule has 0 spiro atoms. The predicted octanol–water partition coefficient (Wildman–Crippen LogP) is 3.48. The van der Waals surface area contributed by atoms with E-state index in [1.54, 1.807) is 38.4 Å². The molecule has 3 aliphatic heterocycles. The van der Waals surface area contributed by atoms with Gasteiger partial charge in [-0.25, -0.2) is 8.42 Å². The fourth-order valence-electron chi connectivity index (χ4n) is 5.74. The lowest BCUT2D eigenvalue weighted by molar-refractivity contribution is -0.138. The van der Waals surface area contributed by atoms with Crippen LogP contribution in [0.2, 0.25) is 0 Å². The summed E-state index contributed by atoms with van der Waals surface area (Å²) in [6.07, 6.45) is 5.15. The van der Waals surface area contributed by atoms with Gasteiger partial charge in [-0.2, -0.15) is 4.31 Å². The zero-order chi connectivity index (χ0) is 27.4. The van der Waals surface area contributed by atoms with Gasteiger partial charge in [-0.15, -0.1) is 0 Å². The summed E-state index contributed by atoms with van der Waals surface area (Å²) in [5.41, 5.74) is 1.36. The summed E-state index contributed by atoms with van der Waals surface area (Å²) in [7, 11) is -3.54. The fraction of sp³-hybridized carbons (Fsp3) is 0.483. The number of hydrogen-bond acceptors (Lipinski definition) is 5. The van der Waals surface area contributed by atoms with Crippen LogP contribution in [0, 0.1) is 11.8 Å². The van der Waals surface area contributed by atoms with E-state index in [4.69, 9.17) is 0 Å². The maximum absolute atomic E-state index is 13.1. The van der Waals surface area contributed by atoms with E-state index in [1.165, 1.54) is 0 Å². The molecule has 10 heteroatoms. The third-order valence-corrected chi connectivity index (χ3v) is 9.96. The Bertz CT molecular complexity index is 1280. The highest BCUT2D eigenvalue weighted by Gasteiger charge is 2.38. The first-order chi connectivity index (χ1) is 18.8. The van der Waals surface area contributed by atoms with Crippen LogP contribution in [0.5, 0.6) is 0 Å². The van der Waals surface area contributed by atoms with Crippen molar-refractivity contribution in [3.63, 3.8) is 0 Å². The van der Waals surface area contributed by atoms with Crippen molar-refractivity contribution in [2.45, 2.75) is 49.8 Å². The van der Waals surface area contributed by atoms with E-state index in [2.05, 4.69) is 5.32 Å². The van der Waals surface area contributed by atoms with Gasteiger partial charge in [-0.05, 0) is 62.1 Å². The number of nitrogens with zero attached hydrogens (tertiary/aromatic N) is 3. The molecule has 0 aromatic heterocycles. The molecule has 1 atom stereocenters. The topological polar surface area (TPSA) is 107 Å². The van der Waals surface area contributed by atoms with Gasteiger partial charge < -0.3 is 15.1 Å². The van der Waals surface area contributed by atoms with E-state index < -0.39 is 10.0 Å². The van der Waals surface area contributed by atoms with Crippen LogP contribution in [0.3, 0.4) is 0 Å². The molecule has 3 saturated heterocycles. The fourth-order valence-corrected chi connectivity index (χ4v) is 7.25. The molecule has 3 aliphatic rings. The van der Waals surface area contributed by atoms with E-state index in [0.29, 0.717) is 51.3 Å². The molecule has 3 heterocycles. The van der Waals surface area contributed by atoms with Crippen molar-refractivity contribution >= 4 is 39.1 Å². The number of piperidine rings is 1. The van der Waals surface area contributed by atoms with E-state index >= 15 is 0 Å². The molecular weight excluding hydrogens is 516 g/mol. The first-order valence-electron chi connectivity index (χ1n) is 13.9. The van der Waals surface area contributed by atoms with E-state index in [9.17, 15) is 22.8 Å². The highest BCUT2D eigenvalue weighted by molar-refractivity contribution is 7.89. The third-order valence-electron chi connectivity index (χ3n) is 8.04. The number of para-hydroxylation sites is 1. The minimum Gasteiger partial charge on any atom is -0.342 e. The largest absolute Gasteiger partial charge is 0.342 e. The van der Waals surface area contributed by atoms with Crippen LogP contribution in [0.4, 0.5) is 11.4 Å². The molecule has 1 N–H and O–H groups in total. The number of anilines is 2. The second-order valence-electron chi connectivity index (χ2n) is 10.7. The van der Waals surface area contributed by atoms with Gasteiger partial charge in [0, 0.05) is 56.4 Å². The lowest BCUT2D eigenvalue weighted by Crippen LogP contribution is -2.44.